The molecule has 1 radical (unpaired) electrons. The Labute approximate surface area is 146 Å². The number of amides is 3. The molecule has 0 aromatic carbocycles. The molecule has 3 rings (SSSR count). The zero-order chi connectivity index (χ0) is 19.1. The van der Waals surface area contributed by atoms with Gasteiger partial charge in [-0.3, -0.25) is 14.4 Å². The van der Waals surface area contributed by atoms with Crippen LogP contribution in [0.25, 0.3) is 0 Å². The van der Waals surface area contributed by atoms with Crippen molar-refractivity contribution in [3.8, 4) is 0 Å². The van der Waals surface area contributed by atoms with E-state index in [0.717, 1.165) is 0 Å². The highest BCUT2D eigenvalue weighted by atomic mass is 19.4. The molecule has 1 saturated heterocycles. The number of carbonyl (C=O) groups is 3. The van der Waals surface area contributed by atoms with Crippen LogP contribution in [-0.2, 0) is 22.6 Å². The van der Waals surface area contributed by atoms with Crippen LogP contribution in [0.3, 0.4) is 0 Å². The number of rotatable bonds is 2. The topological polar surface area (TPSA) is 109 Å². The minimum absolute atomic E-state index is 0.00197. The Hall–Kier alpha value is -2.72. The third-order valence-electron chi connectivity index (χ3n) is 4.43. The van der Waals surface area contributed by atoms with Crippen molar-refractivity contribution in [3.63, 3.8) is 0 Å². The Morgan fingerprint density at radius 3 is 2.62 bits per heavy atom. The Balaban J connectivity index is 1.77. The number of primary amides is 1. The molecule has 11 heteroatoms. The third-order valence-corrected chi connectivity index (χ3v) is 4.43. The molecule has 1 fully saturated rings. The van der Waals surface area contributed by atoms with Crippen LogP contribution in [0.1, 0.15) is 34.7 Å². The highest BCUT2D eigenvalue weighted by molar-refractivity contribution is 5.91. The molecule has 0 aliphatic carbocycles. The van der Waals surface area contributed by atoms with Gasteiger partial charge in [-0.25, -0.2) is 9.97 Å². The molecule has 0 saturated carbocycles. The molecule has 1 aromatic heterocycles. The highest BCUT2D eigenvalue weighted by Gasteiger charge is 2.48. The zero-order valence-electron chi connectivity index (χ0n) is 13.5. The maximum Gasteiger partial charge on any atom is 0.471 e. The van der Waals surface area contributed by atoms with Gasteiger partial charge in [0.1, 0.15) is 6.04 Å². The summed E-state index contributed by atoms with van der Waals surface area (Å²) >= 11 is 0. The number of alkyl halides is 3. The third kappa shape index (κ3) is 3.33. The normalized spacial score (nSPS) is 20.0. The van der Waals surface area contributed by atoms with Gasteiger partial charge in [0.2, 0.25) is 11.7 Å². The van der Waals surface area contributed by atoms with E-state index in [4.69, 9.17) is 5.73 Å². The molecular weight excluding hydrogens is 355 g/mol. The van der Waals surface area contributed by atoms with Crippen molar-refractivity contribution in [1.29, 1.82) is 0 Å². The summed E-state index contributed by atoms with van der Waals surface area (Å²) in [6.07, 6.45) is -1.52. The van der Waals surface area contributed by atoms with E-state index in [-0.39, 0.29) is 31.9 Å². The fraction of sp³-hybridized carbons (Fsp3) is 0.533. The minimum atomic E-state index is -5.02. The van der Waals surface area contributed by atoms with Gasteiger partial charge in [0.15, 0.2) is 0 Å². The molecular formula is C15H15F3N5O3. The Morgan fingerprint density at radius 1 is 1.23 bits per heavy atom. The number of nitrogens with two attached hydrogens (primary N) is 1. The number of halogens is 3. The fourth-order valence-corrected chi connectivity index (χ4v) is 3.18. The standard InChI is InChI=1S/C15H15F3N5O3/c16-15(17,18)14(26)23-4-1-2-10(23)13(25)22-5-3-8-6-20-12(11(19)24)21-9(8)7-22/h10H,1-5,7H2,(H2,19,24). The van der Waals surface area contributed by atoms with Crippen molar-refractivity contribution < 1.29 is 27.6 Å². The van der Waals surface area contributed by atoms with Gasteiger partial charge in [-0.2, -0.15) is 13.2 Å². The van der Waals surface area contributed by atoms with Gasteiger partial charge >= 0.3 is 12.1 Å². The van der Waals surface area contributed by atoms with Crippen molar-refractivity contribution in [3.05, 3.63) is 23.3 Å². The van der Waals surface area contributed by atoms with Crippen molar-refractivity contribution >= 4 is 17.7 Å². The van der Waals surface area contributed by atoms with E-state index in [2.05, 4.69) is 16.2 Å². The molecule has 3 amide bonds. The Kier molecular flexibility index (Phi) is 4.55. The molecule has 8 nitrogen and oxygen atoms in total. The van der Waals surface area contributed by atoms with Gasteiger partial charge < -0.3 is 15.5 Å². The van der Waals surface area contributed by atoms with Crippen LogP contribution in [0.5, 0.6) is 0 Å². The molecule has 3 heterocycles. The number of likely N-dealkylation sites (tertiary alicyclic amines) is 1. The van der Waals surface area contributed by atoms with Crippen molar-refractivity contribution in [1.82, 2.24) is 19.8 Å². The monoisotopic (exact) mass is 370 g/mol. The van der Waals surface area contributed by atoms with E-state index in [1.165, 1.54) is 4.90 Å². The number of nitrogens with zero attached hydrogens (tertiary/aromatic N) is 4. The second-order valence-corrected chi connectivity index (χ2v) is 6.11. The first-order valence-corrected chi connectivity index (χ1v) is 7.92. The molecule has 2 N–H and O–H groups in total. The first kappa shape index (κ1) is 18.1. The van der Waals surface area contributed by atoms with Crippen LogP contribution >= 0.6 is 0 Å². The maximum atomic E-state index is 12.7. The lowest BCUT2D eigenvalue weighted by atomic mass is 10.0. The molecule has 2 aliphatic heterocycles. The molecule has 1 atom stereocenters. The minimum Gasteiger partial charge on any atom is -0.363 e. The lowest BCUT2D eigenvalue weighted by Gasteiger charge is -2.33. The van der Waals surface area contributed by atoms with E-state index < -0.39 is 29.9 Å². The van der Waals surface area contributed by atoms with Gasteiger partial charge in [-0.1, -0.05) is 0 Å². The van der Waals surface area contributed by atoms with E-state index in [0.29, 0.717) is 29.0 Å². The van der Waals surface area contributed by atoms with Gasteiger partial charge in [0, 0.05) is 18.7 Å². The molecule has 1 unspecified atom stereocenters. The smallest absolute Gasteiger partial charge is 0.363 e. The van der Waals surface area contributed by atoms with Crippen LogP contribution in [0.4, 0.5) is 13.2 Å². The molecule has 2 aliphatic rings. The largest absolute Gasteiger partial charge is 0.471 e. The SMILES string of the molecule is NC(=O)c1n[c]c2c(n1)CN(C(=O)C1CCCN1C(=O)C(F)(F)F)CC2. The van der Waals surface area contributed by atoms with Gasteiger partial charge in [-0.05, 0) is 19.3 Å². The summed E-state index contributed by atoms with van der Waals surface area (Å²) < 4.78 is 38.1. The van der Waals surface area contributed by atoms with Crippen LogP contribution in [-0.4, -0.2) is 62.8 Å². The number of fused-ring (bicyclic) bond motifs is 1. The predicted octanol–water partition coefficient (Wildman–Crippen LogP) is -0.186. The van der Waals surface area contributed by atoms with Gasteiger partial charge in [0.25, 0.3) is 5.91 Å². The summed E-state index contributed by atoms with van der Waals surface area (Å²) in [5.41, 5.74) is 6.11. The van der Waals surface area contributed by atoms with E-state index in [9.17, 15) is 27.6 Å². The van der Waals surface area contributed by atoms with Gasteiger partial charge in [0.05, 0.1) is 18.4 Å². The quantitative estimate of drug-likeness (QED) is 0.776. The number of hydrogen-bond donors (Lipinski definition) is 1. The summed E-state index contributed by atoms with van der Waals surface area (Å²) in [5.74, 6) is -3.65. The summed E-state index contributed by atoms with van der Waals surface area (Å²) in [4.78, 5) is 45.0. The highest BCUT2D eigenvalue weighted by Crippen LogP contribution is 2.28. The Morgan fingerprint density at radius 2 is 1.96 bits per heavy atom. The summed E-state index contributed by atoms with van der Waals surface area (Å²) in [7, 11) is 0. The molecule has 139 valence electrons. The second kappa shape index (κ2) is 6.54. The van der Waals surface area contributed by atoms with Crippen molar-refractivity contribution in [2.45, 2.75) is 38.0 Å². The fourth-order valence-electron chi connectivity index (χ4n) is 3.18. The summed E-state index contributed by atoms with van der Waals surface area (Å²) in [5, 5.41) is 0. The maximum absolute atomic E-state index is 12.7. The van der Waals surface area contributed by atoms with Crippen molar-refractivity contribution in [2.24, 2.45) is 5.73 Å². The Bertz CT molecular complexity index is 767. The van der Waals surface area contributed by atoms with Gasteiger partial charge in [-0.15, -0.1) is 0 Å². The molecule has 0 bridgehead atoms. The van der Waals surface area contributed by atoms with Crippen molar-refractivity contribution in [2.75, 3.05) is 13.1 Å². The molecule has 1 aromatic rings. The summed E-state index contributed by atoms with van der Waals surface area (Å²) in [6.45, 7) is 0.130. The van der Waals surface area contributed by atoms with Crippen LogP contribution < -0.4 is 5.73 Å². The zero-order valence-corrected chi connectivity index (χ0v) is 13.5. The van der Waals surface area contributed by atoms with Crippen LogP contribution in [0, 0.1) is 6.20 Å². The number of aromatic nitrogens is 2. The average molecular weight is 370 g/mol. The first-order chi connectivity index (χ1) is 12.2. The predicted molar refractivity (Wildman–Crippen MR) is 79.3 cm³/mol. The van der Waals surface area contributed by atoms with E-state index in [1.807, 2.05) is 0 Å². The van der Waals surface area contributed by atoms with E-state index >= 15 is 0 Å². The van der Waals surface area contributed by atoms with Crippen LogP contribution in [0.2, 0.25) is 0 Å². The number of hydrogen-bond acceptors (Lipinski definition) is 5. The molecule has 0 spiro atoms. The number of carbonyl (C=O) groups excluding carboxylic acids is 3. The lowest BCUT2D eigenvalue weighted by Crippen LogP contribution is -2.52. The lowest BCUT2D eigenvalue weighted by molar-refractivity contribution is -0.187. The summed E-state index contributed by atoms with van der Waals surface area (Å²) in [6, 6.07) is -1.15. The average Bonchev–Trinajstić information content (AvgIpc) is 3.07. The second-order valence-electron chi connectivity index (χ2n) is 6.11. The van der Waals surface area contributed by atoms with Crippen LogP contribution in [0.15, 0.2) is 0 Å². The van der Waals surface area contributed by atoms with E-state index in [1.54, 1.807) is 0 Å². The molecule has 26 heavy (non-hydrogen) atoms. The first-order valence-electron chi connectivity index (χ1n) is 7.92.